The number of carboxylic acid groups (broad SMARTS) is 1. The van der Waals surface area contributed by atoms with Crippen molar-refractivity contribution in [2.24, 2.45) is 0 Å². The van der Waals surface area contributed by atoms with E-state index in [9.17, 15) is 9.18 Å². The van der Waals surface area contributed by atoms with Gasteiger partial charge >= 0.3 is 5.97 Å². The summed E-state index contributed by atoms with van der Waals surface area (Å²) in [7, 11) is 0. The standard InChI is InChI=1S/C9H8ClFO2S/c10-7-2-1-6(3-8(7)11)4-14-5-9(12)13/h1-3H,4-5H2,(H,12,13). The summed E-state index contributed by atoms with van der Waals surface area (Å²) in [6.07, 6.45) is 0. The van der Waals surface area contributed by atoms with Crippen molar-refractivity contribution in [2.45, 2.75) is 5.75 Å². The third-order valence-electron chi connectivity index (χ3n) is 1.48. The minimum absolute atomic E-state index is 0.0181. The Hall–Kier alpha value is -0.740. The van der Waals surface area contributed by atoms with Gasteiger partial charge in [-0.3, -0.25) is 4.79 Å². The van der Waals surface area contributed by atoms with Crippen molar-refractivity contribution >= 4 is 29.3 Å². The molecule has 0 aliphatic carbocycles. The molecule has 1 aromatic carbocycles. The van der Waals surface area contributed by atoms with Crippen LogP contribution in [-0.2, 0) is 10.5 Å². The van der Waals surface area contributed by atoms with Gasteiger partial charge in [0, 0.05) is 5.75 Å². The lowest BCUT2D eigenvalue weighted by molar-refractivity contribution is -0.133. The molecule has 0 atom stereocenters. The Morgan fingerprint density at radius 2 is 2.29 bits per heavy atom. The van der Waals surface area contributed by atoms with Crippen LogP contribution in [-0.4, -0.2) is 16.8 Å². The second kappa shape index (κ2) is 5.22. The fourth-order valence-electron chi connectivity index (χ4n) is 0.886. The minimum atomic E-state index is -0.871. The van der Waals surface area contributed by atoms with Gasteiger partial charge in [-0.15, -0.1) is 11.8 Å². The maximum absolute atomic E-state index is 12.9. The van der Waals surface area contributed by atoms with Crippen LogP contribution in [0.25, 0.3) is 0 Å². The molecule has 1 N–H and O–H groups in total. The summed E-state index contributed by atoms with van der Waals surface area (Å²) in [6, 6.07) is 4.46. The van der Waals surface area contributed by atoms with Crippen LogP contribution >= 0.6 is 23.4 Å². The molecule has 0 fully saturated rings. The average Bonchev–Trinajstić information content (AvgIpc) is 2.10. The Morgan fingerprint density at radius 3 is 2.86 bits per heavy atom. The molecular weight excluding hydrogens is 227 g/mol. The Morgan fingerprint density at radius 1 is 1.57 bits per heavy atom. The van der Waals surface area contributed by atoms with Gasteiger partial charge in [0.25, 0.3) is 0 Å². The molecule has 0 heterocycles. The second-order valence-electron chi connectivity index (χ2n) is 2.63. The quantitative estimate of drug-likeness (QED) is 0.871. The highest BCUT2D eigenvalue weighted by atomic mass is 35.5. The smallest absolute Gasteiger partial charge is 0.313 e. The highest BCUT2D eigenvalue weighted by Gasteiger charge is 2.02. The SMILES string of the molecule is O=C(O)CSCc1ccc(Cl)c(F)c1. The summed E-state index contributed by atoms with van der Waals surface area (Å²) < 4.78 is 12.9. The third kappa shape index (κ3) is 3.55. The molecule has 0 amide bonds. The first-order valence-corrected chi connectivity index (χ1v) is 5.36. The van der Waals surface area contributed by atoms with Crippen molar-refractivity contribution in [3.8, 4) is 0 Å². The van der Waals surface area contributed by atoms with E-state index in [1.165, 1.54) is 23.9 Å². The van der Waals surface area contributed by atoms with Gasteiger partial charge in [0.2, 0.25) is 0 Å². The van der Waals surface area contributed by atoms with E-state index in [-0.39, 0.29) is 10.8 Å². The zero-order chi connectivity index (χ0) is 10.6. The molecule has 0 radical (unpaired) electrons. The van der Waals surface area contributed by atoms with Crippen molar-refractivity contribution < 1.29 is 14.3 Å². The molecule has 76 valence electrons. The van der Waals surface area contributed by atoms with Gasteiger partial charge in [-0.2, -0.15) is 0 Å². The van der Waals surface area contributed by atoms with E-state index in [1.54, 1.807) is 6.07 Å². The Balaban J connectivity index is 2.51. The largest absolute Gasteiger partial charge is 0.481 e. The van der Waals surface area contributed by atoms with E-state index in [1.807, 2.05) is 0 Å². The van der Waals surface area contributed by atoms with Crippen LogP contribution in [0.3, 0.4) is 0 Å². The monoisotopic (exact) mass is 234 g/mol. The van der Waals surface area contributed by atoms with E-state index in [0.717, 1.165) is 5.56 Å². The van der Waals surface area contributed by atoms with Crippen LogP contribution in [0, 0.1) is 5.82 Å². The number of rotatable bonds is 4. The molecule has 0 aromatic heterocycles. The summed E-state index contributed by atoms with van der Waals surface area (Å²) in [5, 5.41) is 8.45. The fourth-order valence-corrected chi connectivity index (χ4v) is 1.70. The summed E-state index contributed by atoms with van der Waals surface area (Å²) in [6.45, 7) is 0. The van der Waals surface area contributed by atoms with E-state index in [0.29, 0.717) is 5.75 Å². The second-order valence-corrected chi connectivity index (χ2v) is 4.03. The minimum Gasteiger partial charge on any atom is -0.481 e. The molecule has 5 heteroatoms. The normalized spacial score (nSPS) is 10.1. The topological polar surface area (TPSA) is 37.3 Å². The first-order chi connectivity index (χ1) is 6.59. The summed E-state index contributed by atoms with van der Waals surface area (Å²) in [4.78, 5) is 10.2. The third-order valence-corrected chi connectivity index (χ3v) is 2.77. The number of thioether (sulfide) groups is 1. The van der Waals surface area contributed by atoms with Crippen molar-refractivity contribution in [3.05, 3.63) is 34.6 Å². The number of carbonyl (C=O) groups is 1. The lowest BCUT2D eigenvalue weighted by Crippen LogP contribution is -1.98. The molecule has 0 unspecified atom stereocenters. The Labute approximate surface area is 90.1 Å². The molecule has 2 nitrogen and oxygen atoms in total. The van der Waals surface area contributed by atoms with Gasteiger partial charge in [0.15, 0.2) is 0 Å². The first kappa shape index (κ1) is 11.3. The molecule has 14 heavy (non-hydrogen) atoms. The van der Waals surface area contributed by atoms with Crippen molar-refractivity contribution in [1.82, 2.24) is 0 Å². The van der Waals surface area contributed by atoms with Crippen LogP contribution in [0.4, 0.5) is 4.39 Å². The van der Waals surface area contributed by atoms with E-state index in [2.05, 4.69) is 0 Å². The van der Waals surface area contributed by atoms with Gasteiger partial charge < -0.3 is 5.11 Å². The molecule has 0 saturated heterocycles. The molecule has 0 bridgehead atoms. The van der Waals surface area contributed by atoms with Gasteiger partial charge in [-0.1, -0.05) is 17.7 Å². The lowest BCUT2D eigenvalue weighted by Gasteiger charge is -2.00. The van der Waals surface area contributed by atoms with Gasteiger partial charge in [-0.25, -0.2) is 4.39 Å². The zero-order valence-electron chi connectivity index (χ0n) is 7.17. The van der Waals surface area contributed by atoms with Crippen LogP contribution in [0.15, 0.2) is 18.2 Å². The van der Waals surface area contributed by atoms with Crippen LogP contribution in [0.5, 0.6) is 0 Å². The number of hydrogen-bond acceptors (Lipinski definition) is 2. The number of halogens is 2. The number of aliphatic carboxylic acids is 1. The molecule has 0 aliphatic heterocycles. The zero-order valence-corrected chi connectivity index (χ0v) is 8.74. The molecule has 1 rings (SSSR count). The van der Waals surface area contributed by atoms with Crippen LogP contribution in [0.1, 0.15) is 5.56 Å². The molecule has 0 spiro atoms. The number of benzene rings is 1. The van der Waals surface area contributed by atoms with Gasteiger partial charge in [0.1, 0.15) is 5.82 Å². The molecule has 0 aliphatic rings. The predicted octanol–water partition coefficient (Wildman–Crippen LogP) is 2.80. The maximum Gasteiger partial charge on any atom is 0.313 e. The lowest BCUT2D eigenvalue weighted by atomic mass is 10.2. The van der Waals surface area contributed by atoms with Gasteiger partial charge in [-0.05, 0) is 17.7 Å². The molecule has 0 saturated carbocycles. The highest BCUT2D eigenvalue weighted by molar-refractivity contribution is 7.99. The van der Waals surface area contributed by atoms with Crippen molar-refractivity contribution in [2.75, 3.05) is 5.75 Å². The van der Waals surface area contributed by atoms with Crippen molar-refractivity contribution in [3.63, 3.8) is 0 Å². The van der Waals surface area contributed by atoms with E-state index >= 15 is 0 Å². The summed E-state index contributed by atoms with van der Waals surface area (Å²) in [5.41, 5.74) is 0.734. The first-order valence-electron chi connectivity index (χ1n) is 3.83. The molecule has 1 aromatic rings. The number of carboxylic acids is 1. The van der Waals surface area contributed by atoms with E-state index < -0.39 is 11.8 Å². The Bertz CT molecular complexity index is 344. The number of hydrogen-bond donors (Lipinski definition) is 1. The Kier molecular flexibility index (Phi) is 4.22. The predicted molar refractivity (Wildman–Crippen MR) is 55.2 cm³/mol. The fraction of sp³-hybridized carbons (Fsp3) is 0.222. The summed E-state index contributed by atoms with van der Waals surface area (Å²) >= 11 is 6.71. The van der Waals surface area contributed by atoms with Gasteiger partial charge in [0.05, 0.1) is 10.8 Å². The van der Waals surface area contributed by atoms with Crippen LogP contribution < -0.4 is 0 Å². The highest BCUT2D eigenvalue weighted by Crippen LogP contribution is 2.18. The van der Waals surface area contributed by atoms with Crippen LogP contribution in [0.2, 0.25) is 5.02 Å². The maximum atomic E-state index is 12.9. The van der Waals surface area contributed by atoms with E-state index in [4.69, 9.17) is 16.7 Å². The van der Waals surface area contributed by atoms with Crippen molar-refractivity contribution in [1.29, 1.82) is 0 Å². The molecular formula is C9H8ClFO2S. The average molecular weight is 235 g/mol. The summed E-state index contributed by atoms with van der Waals surface area (Å²) in [5.74, 6) is -0.852.